The van der Waals surface area contributed by atoms with Gasteiger partial charge in [0.15, 0.2) is 0 Å². The fourth-order valence-electron chi connectivity index (χ4n) is 7.33. The van der Waals surface area contributed by atoms with Gasteiger partial charge in [0.2, 0.25) is 0 Å². The molecule has 0 heterocycles. The van der Waals surface area contributed by atoms with Crippen LogP contribution in [-0.4, -0.2) is 17.9 Å². The topological polar surface area (TPSA) is 43.4 Å². The van der Waals surface area contributed by atoms with Crippen LogP contribution in [0.3, 0.4) is 0 Å². The molecular formula is C21H32O3. The van der Waals surface area contributed by atoms with Crippen LogP contribution in [-0.2, 0) is 14.3 Å². The van der Waals surface area contributed by atoms with Gasteiger partial charge in [0.25, 0.3) is 0 Å². The lowest BCUT2D eigenvalue weighted by Crippen LogP contribution is -2.54. The van der Waals surface area contributed by atoms with Gasteiger partial charge < -0.3 is 4.74 Å². The normalized spacial score (nSPS) is 50.6. The lowest BCUT2D eigenvalue weighted by atomic mass is 9.45. The molecule has 0 saturated heterocycles. The second-order valence-corrected chi connectivity index (χ2v) is 9.58. The molecule has 24 heavy (non-hydrogen) atoms. The smallest absolute Gasteiger partial charge is 0.302 e. The molecule has 3 heteroatoms. The molecule has 3 nitrogen and oxygen atoms in total. The van der Waals surface area contributed by atoms with Crippen LogP contribution in [0.1, 0.15) is 78.6 Å². The Bertz CT molecular complexity index is 555. The molecule has 0 bridgehead atoms. The first-order valence-electron chi connectivity index (χ1n) is 10.0. The maximum atomic E-state index is 12.5. The van der Waals surface area contributed by atoms with Gasteiger partial charge in [-0.15, -0.1) is 0 Å². The molecule has 0 aromatic carbocycles. The van der Waals surface area contributed by atoms with Crippen molar-refractivity contribution in [1.82, 2.24) is 0 Å². The van der Waals surface area contributed by atoms with E-state index < -0.39 is 0 Å². The van der Waals surface area contributed by atoms with Gasteiger partial charge in [0, 0.05) is 18.8 Å². The first-order chi connectivity index (χ1) is 11.3. The Morgan fingerprint density at radius 3 is 2.58 bits per heavy atom. The summed E-state index contributed by atoms with van der Waals surface area (Å²) in [7, 11) is 0. The van der Waals surface area contributed by atoms with Crippen molar-refractivity contribution >= 4 is 11.8 Å². The van der Waals surface area contributed by atoms with E-state index in [1.54, 1.807) is 0 Å². The van der Waals surface area contributed by atoms with Crippen molar-refractivity contribution in [2.75, 3.05) is 0 Å². The number of ketones is 1. The Morgan fingerprint density at radius 1 is 1.04 bits per heavy atom. The predicted octanol–water partition coefficient (Wildman–Crippen LogP) is 4.53. The minimum Gasteiger partial charge on any atom is -0.463 e. The average Bonchev–Trinajstić information content (AvgIpc) is 2.83. The molecule has 4 aliphatic rings. The van der Waals surface area contributed by atoms with E-state index in [0.29, 0.717) is 23.0 Å². The van der Waals surface area contributed by atoms with Crippen LogP contribution in [0.15, 0.2) is 0 Å². The number of esters is 1. The van der Waals surface area contributed by atoms with Crippen molar-refractivity contribution in [2.24, 2.45) is 34.5 Å². The van der Waals surface area contributed by atoms with Gasteiger partial charge in [-0.1, -0.05) is 13.8 Å². The quantitative estimate of drug-likeness (QED) is 0.663. The van der Waals surface area contributed by atoms with E-state index in [1.807, 2.05) is 0 Å². The number of carbonyl (C=O) groups is 2. The van der Waals surface area contributed by atoms with Crippen LogP contribution in [0.25, 0.3) is 0 Å². The number of ether oxygens (including phenoxy) is 1. The highest BCUT2D eigenvalue weighted by atomic mass is 16.5. The summed E-state index contributed by atoms with van der Waals surface area (Å²) in [4.78, 5) is 23.8. The molecule has 0 amide bonds. The first kappa shape index (κ1) is 16.6. The van der Waals surface area contributed by atoms with Crippen LogP contribution >= 0.6 is 0 Å². The zero-order chi connectivity index (χ0) is 17.1. The molecule has 134 valence electrons. The molecule has 7 atom stereocenters. The Balaban J connectivity index is 1.54. The third-order valence-corrected chi connectivity index (χ3v) is 8.66. The SMILES string of the molecule is CC(=O)O[C@H]1CC[C@@]2(C)[C@@H](CC[C@H]3[C@H]4CCC(=O)[C@@]4(C)CC[C@@H]32)C1. The Hall–Kier alpha value is -0.860. The van der Waals surface area contributed by atoms with Crippen molar-refractivity contribution in [2.45, 2.75) is 84.7 Å². The summed E-state index contributed by atoms with van der Waals surface area (Å²) < 4.78 is 5.54. The second kappa shape index (κ2) is 5.57. The minimum absolute atomic E-state index is 0.0146. The van der Waals surface area contributed by atoms with E-state index in [2.05, 4.69) is 13.8 Å². The molecule has 4 fully saturated rings. The number of hydrogen-bond donors (Lipinski definition) is 0. The maximum Gasteiger partial charge on any atom is 0.302 e. The van der Waals surface area contributed by atoms with E-state index in [4.69, 9.17) is 4.74 Å². The van der Waals surface area contributed by atoms with E-state index >= 15 is 0 Å². The highest BCUT2D eigenvalue weighted by molar-refractivity contribution is 5.87. The van der Waals surface area contributed by atoms with Gasteiger partial charge in [-0.3, -0.25) is 9.59 Å². The number of carbonyl (C=O) groups excluding carboxylic acids is 2. The molecule has 0 aromatic rings. The first-order valence-corrected chi connectivity index (χ1v) is 10.0. The van der Waals surface area contributed by atoms with E-state index in [1.165, 1.54) is 32.6 Å². The fourth-order valence-corrected chi connectivity index (χ4v) is 7.33. The molecule has 0 aliphatic heterocycles. The zero-order valence-electron chi connectivity index (χ0n) is 15.5. The highest BCUT2D eigenvalue weighted by Gasteiger charge is 2.60. The van der Waals surface area contributed by atoms with Crippen molar-refractivity contribution in [3.63, 3.8) is 0 Å². The summed E-state index contributed by atoms with van der Waals surface area (Å²) >= 11 is 0. The number of Topliss-reactive ketones (excluding diaryl/α,β-unsaturated/α-hetero) is 1. The number of rotatable bonds is 1. The van der Waals surface area contributed by atoms with Gasteiger partial charge in [-0.05, 0) is 80.5 Å². The molecule has 4 aliphatic carbocycles. The summed E-state index contributed by atoms with van der Waals surface area (Å²) in [6.07, 6.45) is 10.2. The molecule has 0 spiro atoms. The largest absolute Gasteiger partial charge is 0.463 e. The number of hydrogen-bond acceptors (Lipinski definition) is 3. The molecule has 4 rings (SSSR count). The lowest BCUT2D eigenvalue weighted by molar-refractivity contribution is -0.160. The van der Waals surface area contributed by atoms with Crippen molar-refractivity contribution in [1.29, 1.82) is 0 Å². The average molecular weight is 332 g/mol. The summed E-state index contributed by atoms with van der Waals surface area (Å²) in [6.45, 7) is 6.30. The Labute approximate surface area is 145 Å². The molecule has 0 aromatic heterocycles. The standard InChI is InChI=1S/C21H32O3/c1-13(22)24-15-8-10-20(2)14(12-15)4-5-16-17-6-7-19(23)21(17,3)11-9-18(16)20/h14-18H,4-12H2,1-3H3/t14-,15-,16-,17+,18-,20-,21-/m0/s1. The predicted molar refractivity (Wildman–Crippen MR) is 92.3 cm³/mol. The third kappa shape index (κ3) is 2.29. The maximum absolute atomic E-state index is 12.5. The van der Waals surface area contributed by atoms with Gasteiger partial charge >= 0.3 is 5.97 Å². The zero-order valence-corrected chi connectivity index (χ0v) is 15.5. The van der Waals surface area contributed by atoms with Gasteiger partial charge in [-0.2, -0.15) is 0 Å². The summed E-state index contributed by atoms with van der Waals surface area (Å²) in [5.41, 5.74) is 0.381. The Kier molecular flexibility index (Phi) is 3.85. The van der Waals surface area contributed by atoms with Gasteiger partial charge in [0.1, 0.15) is 11.9 Å². The lowest BCUT2D eigenvalue weighted by Gasteiger charge is -2.60. The minimum atomic E-state index is -0.129. The Morgan fingerprint density at radius 2 is 1.83 bits per heavy atom. The van der Waals surface area contributed by atoms with Gasteiger partial charge in [-0.25, -0.2) is 0 Å². The molecular weight excluding hydrogens is 300 g/mol. The fraction of sp³-hybridized carbons (Fsp3) is 0.905. The van der Waals surface area contributed by atoms with Crippen molar-refractivity contribution in [3.05, 3.63) is 0 Å². The summed E-state index contributed by atoms with van der Waals surface area (Å²) in [5.74, 6) is 3.26. The molecule has 0 radical (unpaired) electrons. The molecule has 4 saturated carbocycles. The van der Waals surface area contributed by atoms with Crippen LogP contribution < -0.4 is 0 Å². The van der Waals surface area contributed by atoms with E-state index in [0.717, 1.165) is 43.9 Å². The molecule has 0 unspecified atom stereocenters. The third-order valence-electron chi connectivity index (χ3n) is 8.66. The van der Waals surface area contributed by atoms with Crippen LogP contribution in [0.4, 0.5) is 0 Å². The van der Waals surface area contributed by atoms with Crippen molar-refractivity contribution in [3.8, 4) is 0 Å². The second-order valence-electron chi connectivity index (χ2n) is 9.58. The van der Waals surface area contributed by atoms with Crippen LogP contribution in [0, 0.1) is 34.5 Å². The monoisotopic (exact) mass is 332 g/mol. The summed E-state index contributed by atoms with van der Waals surface area (Å²) in [5, 5.41) is 0. The van der Waals surface area contributed by atoms with E-state index in [-0.39, 0.29) is 17.5 Å². The highest BCUT2D eigenvalue weighted by Crippen LogP contribution is 2.65. The molecule has 0 N–H and O–H groups in total. The van der Waals surface area contributed by atoms with E-state index in [9.17, 15) is 9.59 Å². The summed E-state index contributed by atoms with van der Waals surface area (Å²) in [6, 6.07) is 0. The van der Waals surface area contributed by atoms with Gasteiger partial charge in [0.05, 0.1) is 0 Å². The van der Waals surface area contributed by atoms with Crippen molar-refractivity contribution < 1.29 is 14.3 Å². The van der Waals surface area contributed by atoms with Crippen LogP contribution in [0.2, 0.25) is 0 Å². The van der Waals surface area contributed by atoms with Crippen LogP contribution in [0.5, 0.6) is 0 Å². The number of fused-ring (bicyclic) bond motifs is 5.